The zero-order valence-corrected chi connectivity index (χ0v) is 12.0. The predicted molar refractivity (Wildman–Crippen MR) is 79.5 cm³/mol. The molecular formula is C16H21N3. The van der Waals surface area contributed by atoms with Crippen LogP contribution in [0.3, 0.4) is 0 Å². The van der Waals surface area contributed by atoms with Gasteiger partial charge >= 0.3 is 0 Å². The topological polar surface area (TPSA) is 40.7 Å². The van der Waals surface area contributed by atoms with Gasteiger partial charge in [-0.1, -0.05) is 18.6 Å². The molecule has 2 heterocycles. The second-order valence-corrected chi connectivity index (χ2v) is 6.36. The number of anilines is 1. The molecule has 0 fully saturated rings. The monoisotopic (exact) mass is 255 g/mol. The molecule has 0 saturated carbocycles. The van der Waals surface area contributed by atoms with Crippen LogP contribution >= 0.6 is 0 Å². The maximum Gasteiger partial charge on any atom is 0.0671 e. The summed E-state index contributed by atoms with van der Waals surface area (Å²) in [6.45, 7) is 9.01. The van der Waals surface area contributed by atoms with E-state index in [0.29, 0.717) is 5.92 Å². The molecule has 0 bridgehead atoms. The van der Waals surface area contributed by atoms with E-state index in [1.54, 1.807) is 0 Å². The summed E-state index contributed by atoms with van der Waals surface area (Å²) < 4.78 is 0. The highest BCUT2D eigenvalue weighted by Crippen LogP contribution is 2.43. The van der Waals surface area contributed by atoms with Crippen LogP contribution in [0.15, 0.2) is 24.4 Å². The summed E-state index contributed by atoms with van der Waals surface area (Å²) in [7, 11) is 0. The van der Waals surface area contributed by atoms with Crippen LogP contribution in [0, 0.1) is 6.92 Å². The summed E-state index contributed by atoms with van der Waals surface area (Å²) in [5.41, 5.74) is 6.43. The van der Waals surface area contributed by atoms with Gasteiger partial charge in [0.2, 0.25) is 0 Å². The zero-order valence-electron chi connectivity index (χ0n) is 12.0. The molecule has 0 aliphatic carbocycles. The molecule has 1 aliphatic heterocycles. The Kier molecular flexibility index (Phi) is 2.66. The second-order valence-electron chi connectivity index (χ2n) is 6.36. The molecule has 0 saturated heterocycles. The van der Waals surface area contributed by atoms with E-state index in [1.807, 2.05) is 12.3 Å². The highest BCUT2D eigenvalue weighted by molar-refractivity contribution is 5.80. The van der Waals surface area contributed by atoms with Crippen molar-refractivity contribution in [2.75, 3.05) is 5.32 Å². The van der Waals surface area contributed by atoms with Gasteiger partial charge in [0.25, 0.3) is 0 Å². The summed E-state index contributed by atoms with van der Waals surface area (Å²) >= 11 is 0. The van der Waals surface area contributed by atoms with Crippen molar-refractivity contribution in [3.8, 4) is 11.3 Å². The van der Waals surface area contributed by atoms with Crippen LogP contribution in [0.2, 0.25) is 0 Å². The van der Waals surface area contributed by atoms with Gasteiger partial charge in [-0.05, 0) is 50.8 Å². The fourth-order valence-electron chi connectivity index (χ4n) is 3.23. The van der Waals surface area contributed by atoms with Crippen LogP contribution in [-0.4, -0.2) is 15.7 Å². The minimum Gasteiger partial charge on any atom is -0.379 e. The van der Waals surface area contributed by atoms with Crippen LogP contribution in [0.5, 0.6) is 0 Å². The van der Waals surface area contributed by atoms with Gasteiger partial charge in [0.15, 0.2) is 0 Å². The highest BCUT2D eigenvalue weighted by Gasteiger charge is 2.31. The van der Waals surface area contributed by atoms with Gasteiger partial charge in [0.05, 0.1) is 5.69 Å². The van der Waals surface area contributed by atoms with Crippen molar-refractivity contribution in [2.24, 2.45) is 0 Å². The fraction of sp³-hybridized carbons (Fsp3) is 0.438. The Morgan fingerprint density at radius 2 is 2.11 bits per heavy atom. The molecule has 1 aromatic carbocycles. The highest BCUT2D eigenvalue weighted by atomic mass is 15.1. The molecule has 19 heavy (non-hydrogen) atoms. The van der Waals surface area contributed by atoms with Gasteiger partial charge < -0.3 is 5.32 Å². The number of hydrogen-bond donors (Lipinski definition) is 2. The average molecular weight is 255 g/mol. The minimum absolute atomic E-state index is 0.135. The van der Waals surface area contributed by atoms with Crippen molar-refractivity contribution in [1.82, 2.24) is 10.2 Å². The van der Waals surface area contributed by atoms with Crippen molar-refractivity contribution in [1.29, 1.82) is 0 Å². The maximum absolute atomic E-state index is 4.08. The molecule has 0 spiro atoms. The first-order chi connectivity index (χ1) is 8.96. The number of nitrogens with one attached hydrogen (secondary N) is 2. The molecule has 1 aromatic heterocycles. The number of fused-ring (bicyclic) bond motifs is 1. The molecule has 2 N–H and O–H groups in total. The number of benzene rings is 1. The van der Waals surface area contributed by atoms with Crippen LogP contribution in [-0.2, 0) is 0 Å². The largest absolute Gasteiger partial charge is 0.379 e. The van der Waals surface area contributed by atoms with Gasteiger partial charge in [0.1, 0.15) is 0 Å². The Labute approximate surface area is 114 Å². The first-order valence-electron chi connectivity index (χ1n) is 6.89. The molecule has 2 aromatic rings. The van der Waals surface area contributed by atoms with Crippen molar-refractivity contribution < 1.29 is 0 Å². The summed E-state index contributed by atoms with van der Waals surface area (Å²) in [6, 6.07) is 6.57. The summed E-state index contributed by atoms with van der Waals surface area (Å²) in [4.78, 5) is 0. The maximum atomic E-state index is 4.08. The molecule has 3 heteroatoms. The number of rotatable bonds is 1. The van der Waals surface area contributed by atoms with E-state index in [0.717, 1.165) is 12.1 Å². The molecular weight excluding hydrogens is 234 g/mol. The van der Waals surface area contributed by atoms with E-state index in [4.69, 9.17) is 0 Å². The van der Waals surface area contributed by atoms with E-state index in [1.165, 1.54) is 22.4 Å². The van der Waals surface area contributed by atoms with Crippen LogP contribution in [0.25, 0.3) is 11.3 Å². The van der Waals surface area contributed by atoms with Crippen LogP contribution in [0.4, 0.5) is 5.69 Å². The first kappa shape index (κ1) is 12.3. The Morgan fingerprint density at radius 1 is 1.32 bits per heavy atom. The predicted octanol–water partition coefficient (Wildman–Crippen LogP) is 4.08. The lowest BCUT2D eigenvalue weighted by Gasteiger charge is -2.39. The number of H-pyrrole nitrogens is 1. The molecule has 0 amide bonds. The number of aromatic amines is 1. The first-order valence-corrected chi connectivity index (χ1v) is 6.89. The molecule has 100 valence electrons. The van der Waals surface area contributed by atoms with Gasteiger partial charge in [-0.15, -0.1) is 0 Å². The fourth-order valence-corrected chi connectivity index (χ4v) is 3.23. The standard InChI is InChI=1S/C16H21N3/c1-10-7-12-11(2)9-16(3,4)18-15(12)13(8-10)14-5-6-17-19-14/h5-8,11,18H,9H2,1-4H3,(H,17,19)/t11-/m0/s1. The van der Waals surface area contributed by atoms with Crippen molar-refractivity contribution in [3.63, 3.8) is 0 Å². The Hall–Kier alpha value is -1.77. The van der Waals surface area contributed by atoms with Crippen LogP contribution in [0.1, 0.15) is 44.2 Å². The minimum atomic E-state index is 0.135. The Bertz CT molecular complexity index is 597. The quantitative estimate of drug-likeness (QED) is 0.806. The Balaban J connectivity index is 2.22. The number of aromatic nitrogens is 2. The van der Waals surface area contributed by atoms with E-state index in [9.17, 15) is 0 Å². The van der Waals surface area contributed by atoms with Crippen molar-refractivity contribution in [3.05, 3.63) is 35.5 Å². The third-order valence-corrected chi connectivity index (χ3v) is 3.91. The molecule has 1 aliphatic rings. The summed E-state index contributed by atoms with van der Waals surface area (Å²) in [6.07, 6.45) is 2.97. The second kappa shape index (κ2) is 4.12. The van der Waals surface area contributed by atoms with Gasteiger partial charge in [0, 0.05) is 23.0 Å². The van der Waals surface area contributed by atoms with Gasteiger partial charge in [-0.3, -0.25) is 5.10 Å². The van der Waals surface area contributed by atoms with Gasteiger partial charge in [-0.2, -0.15) is 5.10 Å². The third-order valence-electron chi connectivity index (χ3n) is 3.91. The lowest BCUT2D eigenvalue weighted by molar-refractivity contribution is 0.454. The Morgan fingerprint density at radius 3 is 2.79 bits per heavy atom. The number of aryl methyl sites for hydroxylation is 1. The lowest BCUT2D eigenvalue weighted by atomic mass is 9.80. The number of hydrogen-bond acceptors (Lipinski definition) is 2. The molecule has 0 unspecified atom stereocenters. The molecule has 3 nitrogen and oxygen atoms in total. The smallest absolute Gasteiger partial charge is 0.0671 e. The van der Waals surface area contributed by atoms with E-state index in [2.05, 4.69) is 55.3 Å². The lowest BCUT2D eigenvalue weighted by Crippen LogP contribution is -2.37. The molecule has 1 atom stereocenters. The van der Waals surface area contributed by atoms with Crippen molar-refractivity contribution >= 4 is 5.69 Å². The zero-order chi connectivity index (χ0) is 13.6. The summed E-state index contributed by atoms with van der Waals surface area (Å²) in [5.74, 6) is 0.577. The average Bonchev–Trinajstić information content (AvgIpc) is 2.82. The normalized spacial score (nSPS) is 20.7. The molecule has 0 radical (unpaired) electrons. The molecule has 3 rings (SSSR count). The van der Waals surface area contributed by atoms with E-state index >= 15 is 0 Å². The van der Waals surface area contributed by atoms with Crippen LogP contribution < -0.4 is 5.32 Å². The summed E-state index contributed by atoms with van der Waals surface area (Å²) in [5, 5.41) is 10.9. The third kappa shape index (κ3) is 2.14. The van der Waals surface area contributed by atoms with Gasteiger partial charge in [-0.25, -0.2) is 0 Å². The van der Waals surface area contributed by atoms with E-state index < -0.39 is 0 Å². The van der Waals surface area contributed by atoms with Crippen molar-refractivity contribution in [2.45, 2.75) is 45.6 Å². The SMILES string of the molecule is Cc1cc(-c2ccn[nH]2)c2c(c1)[C@@H](C)CC(C)(C)N2. The van der Waals surface area contributed by atoms with E-state index in [-0.39, 0.29) is 5.54 Å². The number of nitrogens with zero attached hydrogens (tertiary/aromatic N) is 1.